The van der Waals surface area contributed by atoms with E-state index in [9.17, 15) is 0 Å². The largest absolute Gasteiger partial charge is 0.271 e. The van der Waals surface area contributed by atoms with Crippen molar-refractivity contribution in [1.82, 2.24) is 5.43 Å². The third kappa shape index (κ3) is 2.54. The van der Waals surface area contributed by atoms with Crippen molar-refractivity contribution in [1.29, 1.82) is 0 Å². The summed E-state index contributed by atoms with van der Waals surface area (Å²) >= 11 is 0. The summed E-state index contributed by atoms with van der Waals surface area (Å²) in [7, 11) is 0. The third-order valence-electron chi connectivity index (χ3n) is 4.77. The van der Waals surface area contributed by atoms with Gasteiger partial charge in [-0.15, -0.1) is 0 Å². The van der Waals surface area contributed by atoms with Crippen molar-refractivity contribution in [2.45, 2.75) is 64.3 Å². The maximum atomic E-state index is 5.77. The summed E-state index contributed by atoms with van der Waals surface area (Å²) in [5.74, 6) is 8.48. The zero-order chi connectivity index (χ0) is 10.7. The molecule has 0 spiro atoms. The lowest BCUT2D eigenvalue weighted by molar-refractivity contribution is 0.257. The normalized spacial score (nSPS) is 34.8. The van der Waals surface area contributed by atoms with Crippen LogP contribution in [-0.2, 0) is 0 Å². The van der Waals surface area contributed by atoms with Gasteiger partial charge >= 0.3 is 0 Å². The van der Waals surface area contributed by atoms with Crippen LogP contribution in [0.25, 0.3) is 0 Å². The van der Waals surface area contributed by atoms with E-state index < -0.39 is 0 Å². The lowest BCUT2D eigenvalue weighted by atomic mass is 9.85. The van der Waals surface area contributed by atoms with Crippen LogP contribution in [-0.4, -0.2) is 6.04 Å². The van der Waals surface area contributed by atoms with Gasteiger partial charge in [0, 0.05) is 6.04 Å². The van der Waals surface area contributed by atoms with E-state index in [1.165, 1.54) is 51.4 Å². The Balaban J connectivity index is 1.89. The highest BCUT2D eigenvalue weighted by atomic mass is 15.2. The molecule has 0 saturated heterocycles. The molecule has 2 aliphatic rings. The van der Waals surface area contributed by atoms with Crippen molar-refractivity contribution in [2.75, 3.05) is 0 Å². The maximum Gasteiger partial charge on any atom is 0.0267 e. The second kappa shape index (κ2) is 5.31. The van der Waals surface area contributed by atoms with Crippen LogP contribution in [0.5, 0.6) is 0 Å². The lowest BCUT2D eigenvalue weighted by Gasteiger charge is -2.28. The van der Waals surface area contributed by atoms with E-state index in [1.807, 2.05) is 0 Å². The first-order valence-electron chi connectivity index (χ1n) is 6.81. The van der Waals surface area contributed by atoms with Crippen LogP contribution in [0, 0.1) is 17.8 Å². The van der Waals surface area contributed by atoms with Gasteiger partial charge in [0.15, 0.2) is 0 Å². The van der Waals surface area contributed by atoms with Crippen LogP contribution in [0.2, 0.25) is 0 Å². The lowest BCUT2D eigenvalue weighted by Crippen LogP contribution is -2.44. The van der Waals surface area contributed by atoms with Gasteiger partial charge in [0.25, 0.3) is 0 Å². The van der Waals surface area contributed by atoms with E-state index >= 15 is 0 Å². The molecule has 3 atom stereocenters. The molecule has 3 unspecified atom stereocenters. The Morgan fingerprint density at radius 2 is 1.87 bits per heavy atom. The summed E-state index contributed by atoms with van der Waals surface area (Å²) in [4.78, 5) is 0. The quantitative estimate of drug-likeness (QED) is 0.553. The Kier molecular flexibility index (Phi) is 4.04. The maximum absolute atomic E-state index is 5.77. The smallest absolute Gasteiger partial charge is 0.0267 e. The number of hydrogen-bond donors (Lipinski definition) is 2. The Morgan fingerprint density at radius 1 is 1.13 bits per heavy atom. The second-order valence-electron chi connectivity index (χ2n) is 5.58. The van der Waals surface area contributed by atoms with Crippen LogP contribution < -0.4 is 11.3 Å². The van der Waals surface area contributed by atoms with E-state index in [-0.39, 0.29) is 0 Å². The van der Waals surface area contributed by atoms with Gasteiger partial charge in [0.2, 0.25) is 0 Å². The third-order valence-corrected chi connectivity index (χ3v) is 4.77. The molecule has 0 aromatic rings. The van der Waals surface area contributed by atoms with Crippen LogP contribution in [0.4, 0.5) is 0 Å². The molecule has 2 aliphatic carbocycles. The molecule has 0 aromatic carbocycles. The molecule has 88 valence electrons. The molecule has 0 aliphatic heterocycles. The molecular formula is C13H26N2. The van der Waals surface area contributed by atoms with E-state index in [4.69, 9.17) is 5.84 Å². The van der Waals surface area contributed by atoms with Gasteiger partial charge < -0.3 is 0 Å². The summed E-state index contributed by atoms with van der Waals surface area (Å²) in [6.07, 6.45) is 11.3. The standard InChI is InChI=1S/C13H26N2/c1-2-10-7-8-12(9-10)13(15-14)11-5-3-4-6-11/h10-13,15H,2-9,14H2,1H3. The Labute approximate surface area is 94.0 Å². The van der Waals surface area contributed by atoms with Crippen LogP contribution in [0.15, 0.2) is 0 Å². The molecule has 2 rings (SSSR count). The minimum absolute atomic E-state index is 0.615. The van der Waals surface area contributed by atoms with Crippen molar-refractivity contribution >= 4 is 0 Å². The zero-order valence-electron chi connectivity index (χ0n) is 10.0. The second-order valence-corrected chi connectivity index (χ2v) is 5.58. The SMILES string of the molecule is CCC1CCC(C(NN)C2CCCC2)C1. The molecule has 0 aromatic heterocycles. The Morgan fingerprint density at radius 3 is 2.40 bits per heavy atom. The van der Waals surface area contributed by atoms with Gasteiger partial charge in [-0.2, -0.15) is 0 Å². The average molecular weight is 210 g/mol. The van der Waals surface area contributed by atoms with Crippen molar-refractivity contribution in [3.05, 3.63) is 0 Å². The van der Waals surface area contributed by atoms with Gasteiger partial charge in [-0.05, 0) is 43.4 Å². The first-order chi connectivity index (χ1) is 7.35. The van der Waals surface area contributed by atoms with Gasteiger partial charge in [-0.3, -0.25) is 11.3 Å². The molecular weight excluding hydrogens is 184 g/mol. The van der Waals surface area contributed by atoms with E-state index in [2.05, 4.69) is 12.3 Å². The zero-order valence-corrected chi connectivity index (χ0v) is 10.0. The minimum Gasteiger partial charge on any atom is -0.271 e. The number of hydrogen-bond acceptors (Lipinski definition) is 2. The van der Waals surface area contributed by atoms with Gasteiger partial charge in [0.05, 0.1) is 0 Å². The number of hydrazine groups is 1. The van der Waals surface area contributed by atoms with Gasteiger partial charge in [-0.1, -0.05) is 32.6 Å². The van der Waals surface area contributed by atoms with Crippen molar-refractivity contribution in [3.63, 3.8) is 0 Å². The van der Waals surface area contributed by atoms with Crippen molar-refractivity contribution < 1.29 is 0 Å². The molecule has 0 heterocycles. The molecule has 2 nitrogen and oxygen atoms in total. The topological polar surface area (TPSA) is 38.0 Å². The Hall–Kier alpha value is -0.0800. The van der Waals surface area contributed by atoms with Crippen molar-refractivity contribution in [2.24, 2.45) is 23.6 Å². The number of rotatable bonds is 4. The molecule has 3 N–H and O–H groups in total. The van der Waals surface area contributed by atoms with Gasteiger partial charge in [0.1, 0.15) is 0 Å². The molecule has 2 heteroatoms. The van der Waals surface area contributed by atoms with Crippen LogP contribution in [0.3, 0.4) is 0 Å². The highest BCUT2D eigenvalue weighted by molar-refractivity contribution is 4.89. The monoisotopic (exact) mass is 210 g/mol. The highest BCUT2D eigenvalue weighted by Crippen LogP contribution is 2.40. The summed E-state index contributed by atoms with van der Waals surface area (Å²) in [5.41, 5.74) is 3.13. The first-order valence-corrected chi connectivity index (χ1v) is 6.81. The molecule has 0 radical (unpaired) electrons. The fourth-order valence-electron chi connectivity index (χ4n) is 3.78. The fraction of sp³-hybridized carbons (Fsp3) is 1.00. The van der Waals surface area contributed by atoms with E-state index in [1.54, 1.807) is 0 Å². The van der Waals surface area contributed by atoms with Crippen LogP contribution >= 0.6 is 0 Å². The molecule has 15 heavy (non-hydrogen) atoms. The molecule has 0 bridgehead atoms. The number of nitrogens with two attached hydrogens (primary N) is 1. The molecule has 2 saturated carbocycles. The van der Waals surface area contributed by atoms with E-state index in [0.717, 1.165) is 17.8 Å². The molecule has 0 amide bonds. The summed E-state index contributed by atoms with van der Waals surface area (Å²) in [6, 6.07) is 0.615. The predicted molar refractivity (Wildman–Crippen MR) is 64.2 cm³/mol. The molecule has 2 fully saturated rings. The van der Waals surface area contributed by atoms with Gasteiger partial charge in [-0.25, -0.2) is 0 Å². The number of nitrogens with one attached hydrogen (secondary N) is 1. The fourth-order valence-corrected chi connectivity index (χ4v) is 3.78. The summed E-state index contributed by atoms with van der Waals surface area (Å²) in [6.45, 7) is 2.33. The highest BCUT2D eigenvalue weighted by Gasteiger charge is 2.35. The predicted octanol–water partition coefficient (Wildman–Crippen LogP) is 2.83. The summed E-state index contributed by atoms with van der Waals surface area (Å²) < 4.78 is 0. The van der Waals surface area contributed by atoms with Crippen LogP contribution in [0.1, 0.15) is 58.3 Å². The Bertz CT molecular complexity index is 187. The average Bonchev–Trinajstić information content (AvgIpc) is 2.89. The minimum atomic E-state index is 0.615. The van der Waals surface area contributed by atoms with E-state index in [0.29, 0.717) is 6.04 Å². The summed E-state index contributed by atoms with van der Waals surface area (Å²) in [5, 5.41) is 0. The first kappa shape index (κ1) is 11.4. The van der Waals surface area contributed by atoms with Crippen molar-refractivity contribution in [3.8, 4) is 0 Å².